The van der Waals surface area contributed by atoms with E-state index in [1.165, 1.54) is 50.1 Å². The summed E-state index contributed by atoms with van der Waals surface area (Å²) in [6.45, 7) is 10.8. The first-order chi connectivity index (χ1) is 22.5. The molecule has 4 heteroatoms. The van der Waals surface area contributed by atoms with Crippen molar-refractivity contribution in [1.29, 1.82) is 0 Å². The summed E-state index contributed by atoms with van der Waals surface area (Å²) in [4.78, 5) is 11.4. The number of fused-ring (bicyclic) bond motifs is 8. The zero-order chi connectivity index (χ0) is 33.1. The zero-order valence-corrected chi connectivity index (χ0v) is 28.3. The van der Waals surface area contributed by atoms with E-state index in [0.717, 1.165) is 42.7 Å². The SMILES string of the molecule is CC(=O)Nc1ccc2c(c1)CC1(C)Cc3ccccc3C1=CC2C.COc1ccc2c(c1)CC1(C)Cc3cc(F)ccc3C1=CC2C. The molecule has 0 heterocycles. The van der Waals surface area contributed by atoms with Crippen LogP contribution in [0.3, 0.4) is 0 Å². The zero-order valence-electron chi connectivity index (χ0n) is 28.3. The number of carbonyl (C=O) groups is 1. The van der Waals surface area contributed by atoms with Gasteiger partial charge in [-0.3, -0.25) is 4.79 Å². The molecule has 0 radical (unpaired) electrons. The molecule has 1 amide bonds. The van der Waals surface area contributed by atoms with Crippen LogP contribution in [0.2, 0.25) is 0 Å². The molecule has 8 rings (SSSR count). The first kappa shape index (κ1) is 31.2. The molecule has 4 atom stereocenters. The van der Waals surface area contributed by atoms with Gasteiger partial charge in [-0.05, 0) is 130 Å². The van der Waals surface area contributed by atoms with Gasteiger partial charge in [-0.15, -0.1) is 0 Å². The molecular weight excluding hydrogens is 581 g/mol. The third-order valence-corrected chi connectivity index (χ3v) is 10.9. The van der Waals surface area contributed by atoms with Crippen LogP contribution in [0.15, 0.2) is 91.0 Å². The van der Waals surface area contributed by atoms with Gasteiger partial charge in [0.15, 0.2) is 0 Å². The van der Waals surface area contributed by atoms with Gasteiger partial charge in [0.25, 0.3) is 0 Å². The molecule has 0 fully saturated rings. The summed E-state index contributed by atoms with van der Waals surface area (Å²) in [5, 5.41) is 2.92. The summed E-state index contributed by atoms with van der Waals surface area (Å²) in [5.41, 5.74) is 14.6. The van der Waals surface area contributed by atoms with E-state index in [2.05, 4.69) is 93.7 Å². The lowest BCUT2D eigenvalue weighted by Gasteiger charge is -2.26. The Bertz CT molecular complexity index is 1970. The topological polar surface area (TPSA) is 38.3 Å². The molecule has 0 aromatic heterocycles. The number of ether oxygens (including phenoxy) is 1. The van der Waals surface area contributed by atoms with Crippen LogP contribution in [0.5, 0.6) is 5.75 Å². The van der Waals surface area contributed by atoms with Crippen molar-refractivity contribution in [2.24, 2.45) is 10.8 Å². The van der Waals surface area contributed by atoms with Crippen LogP contribution in [-0.4, -0.2) is 13.0 Å². The second kappa shape index (κ2) is 11.7. The molecule has 0 saturated heterocycles. The number of methoxy groups -OCH3 is 1. The number of carbonyl (C=O) groups excluding carboxylic acids is 1. The average Bonchev–Trinajstić information content (AvgIpc) is 3.36. The molecule has 1 N–H and O–H groups in total. The van der Waals surface area contributed by atoms with Gasteiger partial charge in [0.05, 0.1) is 7.11 Å². The smallest absolute Gasteiger partial charge is 0.221 e. The molecule has 240 valence electrons. The van der Waals surface area contributed by atoms with Crippen molar-refractivity contribution in [3.05, 3.63) is 141 Å². The highest BCUT2D eigenvalue weighted by Gasteiger charge is 2.41. The normalized spacial score (nSPS) is 24.7. The molecule has 3 nitrogen and oxygen atoms in total. The number of allylic oxidation sites excluding steroid dienone is 4. The minimum Gasteiger partial charge on any atom is -0.497 e. The molecule has 47 heavy (non-hydrogen) atoms. The van der Waals surface area contributed by atoms with Crippen LogP contribution in [-0.2, 0) is 30.5 Å². The maximum atomic E-state index is 13.6. The van der Waals surface area contributed by atoms with E-state index in [9.17, 15) is 9.18 Å². The van der Waals surface area contributed by atoms with Crippen LogP contribution in [0.1, 0.15) is 91.0 Å². The maximum Gasteiger partial charge on any atom is 0.221 e. The van der Waals surface area contributed by atoms with E-state index in [0.29, 0.717) is 11.8 Å². The van der Waals surface area contributed by atoms with Crippen molar-refractivity contribution in [3.63, 3.8) is 0 Å². The quantitative estimate of drug-likeness (QED) is 0.241. The fraction of sp³-hybridized carbons (Fsp3) is 0.326. The first-order valence-corrected chi connectivity index (χ1v) is 16.9. The van der Waals surface area contributed by atoms with E-state index in [1.807, 2.05) is 18.2 Å². The van der Waals surface area contributed by atoms with Gasteiger partial charge < -0.3 is 10.1 Å². The Hall–Kier alpha value is -4.44. The number of nitrogens with one attached hydrogen (secondary N) is 1. The molecule has 4 aliphatic rings. The van der Waals surface area contributed by atoms with E-state index in [-0.39, 0.29) is 22.6 Å². The number of hydrogen-bond acceptors (Lipinski definition) is 2. The maximum absolute atomic E-state index is 13.6. The van der Waals surface area contributed by atoms with Crippen molar-refractivity contribution in [1.82, 2.24) is 0 Å². The van der Waals surface area contributed by atoms with Gasteiger partial charge in [-0.25, -0.2) is 4.39 Å². The number of anilines is 1. The summed E-state index contributed by atoms with van der Waals surface area (Å²) < 4.78 is 19.0. The lowest BCUT2D eigenvalue weighted by Crippen LogP contribution is -2.19. The second-order valence-electron chi connectivity index (χ2n) is 14.7. The number of rotatable bonds is 2. The summed E-state index contributed by atoms with van der Waals surface area (Å²) in [5.74, 6) is 1.48. The molecule has 4 aromatic rings. The number of amides is 1. The third-order valence-electron chi connectivity index (χ3n) is 10.9. The lowest BCUT2D eigenvalue weighted by atomic mass is 9.78. The molecular formula is C43H44FNO2. The molecule has 4 aliphatic carbocycles. The number of hydrogen-bond donors (Lipinski definition) is 1. The van der Waals surface area contributed by atoms with Crippen molar-refractivity contribution < 1.29 is 13.9 Å². The molecule has 4 unspecified atom stereocenters. The highest BCUT2D eigenvalue weighted by molar-refractivity contribution is 5.89. The van der Waals surface area contributed by atoms with Crippen LogP contribution in [0, 0.1) is 16.6 Å². The molecule has 0 saturated carbocycles. The average molecular weight is 626 g/mol. The first-order valence-electron chi connectivity index (χ1n) is 16.9. The van der Waals surface area contributed by atoms with Crippen molar-refractivity contribution >= 4 is 22.7 Å². The minimum atomic E-state index is -0.139. The highest BCUT2D eigenvalue weighted by Crippen LogP contribution is 2.53. The highest BCUT2D eigenvalue weighted by atomic mass is 19.1. The Balaban J connectivity index is 0.000000150. The minimum absolute atomic E-state index is 0.0186. The van der Waals surface area contributed by atoms with Gasteiger partial charge >= 0.3 is 0 Å². The molecule has 0 bridgehead atoms. The predicted molar refractivity (Wildman–Crippen MR) is 190 cm³/mol. The van der Waals surface area contributed by atoms with Gasteiger partial charge in [-0.2, -0.15) is 0 Å². The van der Waals surface area contributed by atoms with Gasteiger partial charge in [-0.1, -0.05) is 82.3 Å². The Kier molecular flexibility index (Phi) is 7.74. The Labute approximate surface area is 278 Å². The van der Waals surface area contributed by atoms with E-state index >= 15 is 0 Å². The van der Waals surface area contributed by atoms with Crippen LogP contribution >= 0.6 is 0 Å². The summed E-state index contributed by atoms with van der Waals surface area (Å²) in [7, 11) is 1.71. The van der Waals surface area contributed by atoms with Crippen LogP contribution in [0.25, 0.3) is 11.1 Å². The fourth-order valence-corrected chi connectivity index (χ4v) is 8.80. The molecule has 4 aromatic carbocycles. The summed E-state index contributed by atoms with van der Waals surface area (Å²) in [6.07, 6.45) is 8.80. The summed E-state index contributed by atoms with van der Waals surface area (Å²) in [6, 6.07) is 26.8. The predicted octanol–water partition coefficient (Wildman–Crippen LogP) is 10.1. The van der Waals surface area contributed by atoms with Crippen LogP contribution in [0.4, 0.5) is 10.1 Å². The standard InChI is InChI=1S/C22H23NO.C21H21FO/c1-14-10-21-20-7-5-4-6-16(20)12-22(21,3)13-17-11-18(23-15(2)24)8-9-19(14)17;1-13-8-20-19-6-4-16(22)9-14(19)11-21(20,2)12-15-10-17(23-3)5-7-18(13)15/h4-11,14H,12-13H2,1-3H3,(H,23,24);4-10,13H,11-12H2,1-3H3. The van der Waals surface area contributed by atoms with Crippen molar-refractivity contribution in [2.75, 3.05) is 12.4 Å². The van der Waals surface area contributed by atoms with Crippen LogP contribution < -0.4 is 10.1 Å². The lowest BCUT2D eigenvalue weighted by molar-refractivity contribution is -0.114. The monoisotopic (exact) mass is 625 g/mol. The molecule has 0 spiro atoms. The van der Waals surface area contributed by atoms with Gasteiger partial charge in [0.1, 0.15) is 11.6 Å². The van der Waals surface area contributed by atoms with Crippen molar-refractivity contribution in [3.8, 4) is 5.75 Å². The van der Waals surface area contributed by atoms with Gasteiger partial charge in [0, 0.05) is 23.4 Å². The van der Waals surface area contributed by atoms with Gasteiger partial charge in [0.2, 0.25) is 5.91 Å². The summed E-state index contributed by atoms with van der Waals surface area (Å²) >= 11 is 0. The Morgan fingerprint density at radius 3 is 1.96 bits per heavy atom. The van der Waals surface area contributed by atoms with E-state index < -0.39 is 0 Å². The van der Waals surface area contributed by atoms with E-state index in [4.69, 9.17) is 4.74 Å². The number of benzene rings is 4. The van der Waals surface area contributed by atoms with Crippen molar-refractivity contribution in [2.45, 2.75) is 72.1 Å². The number of halogens is 1. The second-order valence-corrected chi connectivity index (χ2v) is 14.7. The Morgan fingerprint density at radius 2 is 1.30 bits per heavy atom. The third kappa shape index (κ3) is 5.62. The van der Waals surface area contributed by atoms with E-state index in [1.54, 1.807) is 26.2 Å². The fourth-order valence-electron chi connectivity index (χ4n) is 8.80. The largest absolute Gasteiger partial charge is 0.497 e. The molecule has 0 aliphatic heterocycles. The Morgan fingerprint density at radius 1 is 0.723 bits per heavy atom.